The summed E-state index contributed by atoms with van der Waals surface area (Å²) in [6, 6.07) is 6.71. The van der Waals surface area contributed by atoms with Crippen molar-refractivity contribution in [1.82, 2.24) is 0 Å². The fraction of sp³-hybridized carbons (Fsp3) is 0. The highest BCUT2D eigenvalue weighted by Gasteiger charge is 2.06. The molecule has 1 rings (SSSR count). The first kappa shape index (κ1) is 9.55. The molecule has 0 bridgehead atoms. The van der Waals surface area contributed by atoms with E-state index in [1.807, 2.05) is 0 Å². The maximum atomic E-state index is 10.6. The molecule has 4 heteroatoms. The van der Waals surface area contributed by atoms with Crippen molar-refractivity contribution in [3.8, 4) is 0 Å². The average Bonchev–Trinajstić information content (AvgIpc) is 1.91. The van der Waals surface area contributed by atoms with Crippen LogP contribution in [-0.4, -0.2) is 8.42 Å². The molecule has 0 aromatic heterocycles. The van der Waals surface area contributed by atoms with E-state index in [0.717, 1.165) is 11.3 Å². The molecular weight excluding hydrogens is 196 g/mol. The Morgan fingerprint density at radius 3 is 2.17 bits per heavy atom. The van der Waals surface area contributed by atoms with Gasteiger partial charge in [0.05, 0.1) is 0 Å². The van der Waals surface area contributed by atoms with Gasteiger partial charge in [-0.25, -0.2) is 8.42 Å². The van der Waals surface area contributed by atoms with E-state index in [9.17, 15) is 8.42 Å². The van der Waals surface area contributed by atoms with E-state index in [1.54, 1.807) is 24.3 Å². The summed E-state index contributed by atoms with van der Waals surface area (Å²) in [6.07, 6.45) is 0. The number of benzene rings is 1. The predicted octanol–water partition coefficient (Wildman–Crippen LogP) is 1.95. The number of hydrogen-bond donors (Lipinski definition) is 0. The smallest absolute Gasteiger partial charge is 0.212 e. The zero-order valence-electron chi connectivity index (χ0n) is 6.20. The van der Waals surface area contributed by atoms with Crippen LogP contribution in [0.25, 0.3) is 0 Å². The summed E-state index contributed by atoms with van der Waals surface area (Å²) >= 11 is 0. The van der Waals surface area contributed by atoms with Gasteiger partial charge in [-0.2, -0.15) is 0 Å². The summed E-state index contributed by atoms with van der Waals surface area (Å²) in [5, 5.41) is 0. The van der Waals surface area contributed by atoms with Crippen molar-refractivity contribution in [1.29, 1.82) is 0 Å². The lowest BCUT2D eigenvalue weighted by Gasteiger charge is -1.96. The third-order valence-electron chi connectivity index (χ3n) is 1.26. The predicted molar refractivity (Wildman–Crippen MR) is 49.1 cm³/mol. The van der Waals surface area contributed by atoms with Crippen molar-refractivity contribution < 1.29 is 8.42 Å². The monoisotopic (exact) mass is 202 g/mol. The quantitative estimate of drug-likeness (QED) is 0.687. The molecule has 0 N–H and O–H groups in total. The Hall–Kier alpha value is -0.540. The van der Waals surface area contributed by atoms with E-state index in [0.29, 0.717) is 5.56 Å². The number of hydrogen-bond acceptors (Lipinski definition) is 2. The molecule has 2 nitrogen and oxygen atoms in total. The molecule has 0 spiro atoms. The van der Waals surface area contributed by atoms with Gasteiger partial charge in [-0.3, -0.25) is 0 Å². The molecule has 0 heterocycles. The standard InChI is InChI=1S/C8H7ClO2S/c1-7-2-4-8(5-3-7)6-12(9,10)11/h2-6H,1H2. The molecule has 0 aliphatic rings. The van der Waals surface area contributed by atoms with Crippen LogP contribution in [0.1, 0.15) is 11.1 Å². The van der Waals surface area contributed by atoms with Gasteiger partial charge in [0, 0.05) is 10.7 Å². The number of halogens is 1. The first-order chi connectivity index (χ1) is 5.47. The minimum Gasteiger partial charge on any atom is -0.212 e. The Balaban J connectivity index is 2.85. The third kappa shape index (κ3) is 3.24. The molecule has 0 amide bonds. The molecule has 1 aromatic carbocycles. The second-order valence-corrected chi connectivity index (χ2v) is 4.81. The normalized spacial score (nSPS) is 11.5. The summed E-state index contributed by atoms with van der Waals surface area (Å²) < 4.78 is 21.2. The lowest BCUT2D eigenvalue weighted by Crippen LogP contribution is -1.91. The van der Waals surface area contributed by atoms with Crippen molar-refractivity contribution in [2.45, 2.75) is 0 Å². The van der Waals surface area contributed by atoms with Crippen LogP contribution in [0.5, 0.6) is 0 Å². The van der Waals surface area contributed by atoms with Gasteiger partial charge in [-0.05, 0) is 18.1 Å². The molecule has 0 unspecified atom stereocenters. The van der Waals surface area contributed by atoms with Gasteiger partial charge in [0.25, 0.3) is 0 Å². The molecule has 0 aliphatic carbocycles. The Bertz CT molecular complexity index is 353. The first-order valence-corrected chi connectivity index (χ1v) is 5.56. The molecule has 1 aromatic rings. The van der Waals surface area contributed by atoms with Crippen LogP contribution in [0.4, 0.5) is 0 Å². The second kappa shape index (κ2) is 3.46. The molecule has 0 saturated heterocycles. The largest absolute Gasteiger partial charge is 0.241 e. The minimum atomic E-state index is -3.56. The molecular formula is C8H7ClO2S. The fourth-order valence-corrected chi connectivity index (χ4v) is 1.55. The Morgan fingerprint density at radius 1 is 1.25 bits per heavy atom. The van der Waals surface area contributed by atoms with Crippen LogP contribution in [0, 0.1) is 12.7 Å². The molecule has 2 radical (unpaired) electrons. The lowest BCUT2D eigenvalue weighted by molar-refractivity contribution is 0.615. The molecule has 0 saturated carbocycles. The highest BCUT2D eigenvalue weighted by molar-refractivity contribution is 8.15. The highest BCUT2D eigenvalue weighted by Crippen LogP contribution is 2.12. The van der Waals surface area contributed by atoms with E-state index >= 15 is 0 Å². The summed E-state index contributed by atoms with van der Waals surface area (Å²) in [6.45, 7) is 3.66. The van der Waals surface area contributed by atoms with E-state index in [4.69, 9.17) is 10.7 Å². The third-order valence-corrected chi connectivity index (χ3v) is 2.08. The van der Waals surface area contributed by atoms with Crippen LogP contribution in [0.15, 0.2) is 24.3 Å². The molecule has 0 fully saturated rings. The summed E-state index contributed by atoms with van der Waals surface area (Å²) in [4.78, 5) is 0. The Labute approximate surface area is 76.6 Å². The van der Waals surface area contributed by atoms with Gasteiger partial charge >= 0.3 is 0 Å². The van der Waals surface area contributed by atoms with E-state index in [2.05, 4.69) is 6.92 Å². The minimum absolute atomic E-state index is 0.553. The van der Waals surface area contributed by atoms with Gasteiger partial charge in [-0.1, -0.05) is 24.3 Å². The van der Waals surface area contributed by atoms with Crippen molar-refractivity contribution in [2.24, 2.45) is 0 Å². The molecule has 0 aliphatic heterocycles. The van der Waals surface area contributed by atoms with Crippen LogP contribution >= 0.6 is 10.7 Å². The molecule has 0 atom stereocenters. The number of rotatable bonds is 2. The topological polar surface area (TPSA) is 34.1 Å². The van der Waals surface area contributed by atoms with Crippen molar-refractivity contribution in [3.05, 3.63) is 48.1 Å². The molecule has 64 valence electrons. The van der Waals surface area contributed by atoms with Gasteiger partial charge in [0.15, 0.2) is 0 Å². The van der Waals surface area contributed by atoms with Gasteiger partial charge in [-0.15, -0.1) is 0 Å². The summed E-state index contributed by atoms with van der Waals surface area (Å²) in [5.74, 6) is 0.994. The zero-order valence-corrected chi connectivity index (χ0v) is 7.77. The van der Waals surface area contributed by atoms with Crippen molar-refractivity contribution >= 4 is 19.7 Å². The van der Waals surface area contributed by atoms with Gasteiger partial charge in [0.2, 0.25) is 9.05 Å². The molecule has 12 heavy (non-hydrogen) atoms. The average molecular weight is 203 g/mol. The second-order valence-electron chi connectivity index (χ2n) is 2.33. The summed E-state index contributed by atoms with van der Waals surface area (Å²) in [7, 11) is 1.45. The van der Waals surface area contributed by atoms with E-state index < -0.39 is 9.05 Å². The maximum absolute atomic E-state index is 10.6. The zero-order chi connectivity index (χ0) is 9.19. The van der Waals surface area contributed by atoms with Crippen LogP contribution in [-0.2, 0) is 9.05 Å². The summed E-state index contributed by atoms with van der Waals surface area (Å²) in [5.41, 5.74) is 1.39. The van der Waals surface area contributed by atoms with Crippen LogP contribution < -0.4 is 0 Å². The van der Waals surface area contributed by atoms with Gasteiger partial charge in [0.1, 0.15) is 5.75 Å². The van der Waals surface area contributed by atoms with E-state index in [-0.39, 0.29) is 0 Å². The van der Waals surface area contributed by atoms with Crippen LogP contribution in [0.2, 0.25) is 0 Å². The van der Waals surface area contributed by atoms with E-state index in [1.165, 1.54) is 0 Å². The fourth-order valence-electron chi connectivity index (χ4n) is 0.759. The SMILES string of the molecule is [CH2]c1ccc([CH]S(=O)(=O)Cl)cc1. The first-order valence-electron chi connectivity index (χ1n) is 3.19. The van der Waals surface area contributed by atoms with Crippen molar-refractivity contribution in [3.63, 3.8) is 0 Å². The Morgan fingerprint density at radius 2 is 1.75 bits per heavy atom. The highest BCUT2D eigenvalue weighted by atomic mass is 35.7. The van der Waals surface area contributed by atoms with Crippen molar-refractivity contribution in [2.75, 3.05) is 0 Å². The Kier molecular flexibility index (Phi) is 2.75. The maximum Gasteiger partial charge on any atom is 0.241 e. The van der Waals surface area contributed by atoms with Crippen LogP contribution in [0.3, 0.4) is 0 Å². The van der Waals surface area contributed by atoms with Gasteiger partial charge < -0.3 is 0 Å². The lowest BCUT2D eigenvalue weighted by atomic mass is 10.2.